The molecule has 0 radical (unpaired) electrons. The molecule has 0 spiro atoms. The molecule has 2 aromatic rings. The van der Waals surface area contributed by atoms with Crippen LogP contribution in [0, 0.1) is 23.7 Å². The standard InChI is InChI=1S/C27H36N2O4S/c1-4-19-5-7-20(8-6-19)29(14-18(2)3)34(31,32)21-9-10-26-22(13-21)27(30)11-12-28(26)15-23-24-16-33-17-25(23)24/h5-10,13,18,23-25,27,30H,4,11-12,14-17H2,1-3H3/t23-,24-,25+,27?. The maximum absolute atomic E-state index is 13.8. The second kappa shape index (κ2) is 9.17. The normalized spacial score (nSPS) is 25.9. The summed E-state index contributed by atoms with van der Waals surface area (Å²) >= 11 is 0. The summed E-state index contributed by atoms with van der Waals surface area (Å²) in [6.45, 7) is 10.00. The van der Waals surface area contributed by atoms with Gasteiger partial charge in [0.15, 0.2) is 0 Å². The van der Waals surface area contributed by atoms with E-state index in [0.29, 0.717) is 36.4 Å². The molecule has 1 aliphatic carbocycles. The van der Waals surface area contributed by atoms with Crippen LogP contribution in [0.2, 0.25) is 0 Å². The van der Waals surface area contributed by atoms with Crippen LogP contribution in [0.4, 0.5) is 11.4 Å². The Morgan fingerprint density at radius 2 is 1.82 bits per heavy atom. The third kappa shape index (κ3) is 4.34. The highest BCUT2D eigenvalue weighted by Gasteiger charge is 2.54. The molecule has 2 aliphatic heterocycles. The molecule has 1 saturated heterocycles. The molecule has 2 heterocycles. The van der Waals surface area contributed by atoms with Crippen molar-refractivity contribution in [3.05, 3.63) is 53.6 Å². The molecular weight excluding hydrogens is 448 g/mol. The monoisotopic (exact) mass is 484 g/mol. The predicted octanol–water partition coefficient (Wildman–Crippen LogP) is 4.24. The minimum atomic E-state index is -3.78. The Morgan fingerprint density at radius 3 is 2.47 bits per heavy atom. The van der Waals surface area contributed by atoms with E-state index < -0.39 is 16.1 Å². The van der Waals surface area contributed by atoms with E-state index in [1.165, 1.54) is 9.87 Å². The molecule has 0 amide bonds. The van der Waals surface area contributed by atoms with Crippen LogP contribution in [0.3, 0.4) is 0 Å². The van der Waals surface area contributed by atoms with Crippen molar-refractivity contribution in [3.63, 3.8) is 0 Å². The number of nitrogens with zero attached hydrogens (tertiary/aromatic N) is 2. The van der Waals surface area contributed by atoms with Crippen molar-refractivity contribution >= 4 is 21.4 Å². The van der Waals surface area contributed by atoms with Crippen LogP contribution >= 0.6 is 0 Å². The van der Waals surface area contributed by atoms with Gasteiger partial charge in [-0.2, -0.15) is 0 Å². The Kier molecular flexibility index (Phi) is 6.38. The van der Waals surface area contributed by atoms with Crippen molar-refractivity contribution in [2.24, 2.45) is 23.7 Å². The molecule has 7 heteroatoms. The fraction of sp³-hybridized carbons (Fsp3) is 0.556. The number of aliphatic hydroxyl groups excluding tert-OH is 1. The van der Waals surface area contributed by atoms with Gasteiger partial charge in [-0.3, -0.25) is 4.31 Å². The molecule has 2 fully saturated rings. The summed E-state index contributed by atoms with van der Waals surface area (Å²) in [5.41, 5.74) is 3.54. The van der Waals surface area contributed by atoms with E-state index in [0.717, 1.165) is 44.0 Å². The molecule has 2 aromatic carbocycles. The summed E-state index contributed by atoms with van der Waals surface area (Å²) in [5, 5.41) is 10.8. The van der Waals surface area contributed by atoms with E-state index in [1.54, 1.807) is 12.1 Å². The van der Waals surface area contributed by atoms with Gasteiger partial charge in [0, 0.05) is 30.9 Å². The van der Waals surface area contributed by atoms with Crippen molar-refractivity contribution in [2.45, 2.75) is 44.6 Å². The molecule has 184 valence electrons. The first-order chi connectivity index (χ1) is 16.3. The number of aliphatic hydroxyl groups is 1. The number of hydrogen-bond acceptors (Lipinski definition) is 5. The van der Waals surface area contributed by atoms with E-state index in [4.69, 9.17) is 4.74 Å². The van der Waals surface area contributed by atoms with Gasteiger partial charge in [0.2, 0.25) is 0 Å². The van der Waals surface area contributed by atoms with Crippen LogP contribution < -0.4 is 9.21 Å². The molecule has 4 atom stereocenters. The number of rotatable bonds is 8. The van der Waals surface area contributed by atoms with E-state index in [9.17, 15) is 13.5 Å². The van der Waals surface area contributed by atoms with E-state index in [2.05, 4.69) is 11.8 Å². The second-order valence-corrected chi connectivity index (χ2v) is 12.3. The Labute approximate surface area is 203 Å². The smallest absolute Gasteiger partial charge is 0.264 e. The number of aryl methyl sites for hydroxylation is 1. The minimum Gasteiger partial charge on any atom is -0.388 e. The lowest BCUT2D eigenvalue weighted by Crippen LogP contribution is -2.36. The SMILES string of the molecule is CCc1ccc(N(CC(C)C)S(=O)(=O)c2ccc3c(c2)C(O)CCN3C[C@H]2[C@@H]3COC[C@@H]32)cc1. The third-order valence-electron chi connectivity index (χ3n) is 7.68. The molecule has 0 bridgehead atoms. The van der Waals surface area contributed by atoms with Crippen LogP contribution in [0.25, 0.3) is 0 Å². The minimum absolute atomic E-state index is 0.168. The molecule has 5 rings (SSSR count). The van der Waals surface area contributed by atoms with Crippen molar-refractivity contribution < 1.29 is 18.3 Å². The summed E-state index contributed by atoms with van der Waals surface area (Å²) in [5.74, 6) is 2.14. The maximum Gasteiger partial charge on any atom is 0.264 e. The van der Waals surface area contributed by atoms with Gasteiger partial charge in [-0.15, -0.1) is 0 Å². The summed E-state index contributed by atoms with van der Waals surface area (Å²) in [6, 6.07) is 13.1. The average Bonchev–Trinajstić information content (AvgIpc) is 3.23. The number of anilines is 2. The Balaban J connectivity index is 1.44. The van der Waals surface area contributed by atoms with E-state index in [-0.39, 0.29) is 10.8 Å². The van der Waals surface area contributed by atoms with Crippen LogP contribution in [0.15, 0.2) is 47.4 Å². The highest BCUT2D eigenvalue weighted by molar-refractivity contribution is 7.92. The van der Waals surface area contributed by atoms with Crippen molar-refractivity contribution in [1.29, 1.82) is 0 Å². The topological polar surface area (TPSA) is 70.1 Å². The highest BCUT2D eigenvalue weighted by atomic mass is 32.2. The number of hydrogen-bond donors (Lipinski definition) is 1. The molecule has 1 saturated carbocycles. The lowest BCUT2D eigenvalue weighted by Gasteiger charge is -2.35. The lowest BCUT2D eigenvalue weighted by atomic mass is 9.98. The zero-order valence-electron chi connectivity index (χ0n) is 20.4. The first-order valence-corrected chi connectivity index (χ1v) is 14.0. The van der Waals surface area contributed by atoms with Gasteiger partial charge in [0.1, 0.15) is 0 Å². The van der Waals surface area contributed by atoms with Gasteiger partial charge < -0.3 is 14.7 Å². The van der Waals surface area contributed by atoms with Gasteiger partial charge in [0.25, 0.3) is 10.0 Å². The highest BCUT2D eigenvalue weighted by Crippen LogP contribution is 2.52. The molecule has 0 aromatic heterocycles. The van der Waals surface area contributed by atoms with E-state index >= 15 is 0 Å². The third-order valence-corrected chi connectivity index (χ3v) is 9.47. The maximum atomic E-state index is 13.8. The number of fused-ring (bicyclic) bond motifs is 2. The molecule has 3 aliphatic rings. The summed E-state index contributed by atoms with van der Waals surface area (Å²) < 4.78 is 34.7. The van der Waals surface area contributed by atoms with Gasteiger partial charge >= 0.3 is 0 Å². The number of ether oxygens (including phenoxy) is 1. The van der Waals surface area contributed by atoms with Gasteiger partial charge in [-0.25, -0.2) is 8.42 Å². The van der Waals surface area contributed by atoms with Crippen LogP contribution in [0.5, 0.6) is 0 Å². The number of benzene rings is 2. The van der Waals surface area contributed by atoms with Crippen molar-refractivity contribution in [2.75, 3.05) is 42.1 Å². The van der Waals surface area contributed by atoms with Crippen molar-refractivity contribution in [3.8, 4) is 0 Å². The first kappa shape index (κ1) is 23.6. The number of sulfonamides is 1. The van der Waals surface area contributed by atoms with Gasteiger partial charge in [0.05, 0.1) is 29.9 Å². The fourth-order valence-electron chi connectivity index (χ4n) is 5.57. The summed E-state index contributed by atoms with van der Waals surface area (Å²) in [7, 11) is -3.78. The summed E-state index contributed by atoms with van der Waals surface area (Å²) in [4.78, 5) is 2.57. The molecule has 1 N–H and O–H groups in total. The van der Waals surface area contributed by atoms with Crippen molar-refractivity contribution in [1.82, 2.24) is 0 Å². The fourth-order valence-corrected chi connectivity index (χ4v) is 7.24. The first-order valence-electron chi connectivity index (χ1n) is 12.6. The Bertz CT molecular complexity index is 1120. The largest absolute Gasteiger partial charge is 0.388 e. The zero-order valence-corrected chi connectivity index (χ0v) is 21.2. The van der Waals surface area contributed by atoms with Crippen LogP contribution in [0.1, 0.15) is 44.4 Å². The molecule has 1 unspecified atom stereocenters. The molecule has 34 heavy (non-hydrogen) atoms. The van der Waals surface area contributed by atoms with Gasteiger partial charge in [-0.05, 0) is 72.4 Å². The van der Waals surface area contributed by atoms with Gasteiger partial charge in [-0.1, -0.05) is 32.9 Å². The second-order valence-electron chi connectivity index (χ2n) is 10.5. The lowest BCUT2D eigenvalue weighted by molar-refractivity contribution is 0.149. The average molecular weight is 485 g/mol. The Hall–Kier alpha value is -2.09. The van der Waals surface area contributed by atoms with Crippen LogP contribution in [-0.2, 0) is 21.2 Å². The molecular formula is C27H36N2O4S. The van der Waals surface area contributed by atoms with E-state index in [1.807, 2.05) is 44.2 Å². The molecule has 6 nitrogen and oxygen atoms in total. The Morgan fingerprint density at radius 1 is 1.12 bits per heavy atom. The predicted molar refractivity (Wildman–Crippen MR) is 135 cm³/mol. The van der Waals surface area contributed by atoms with Crippen LogP contribution in [-0.4, -0.2) is 46.4 Å². The quantitative estimate of drug-likeness (QED) is 0.607. The zero-order chi connectivity index (χ0) is 24.0. The summed E-state index contributed by atoms with van der Waals surface area (Å²) in [6.07, 6.45) is 0.875.